The first-order valence-corrected chi connectivity index (χ1v) is 8.55. The van der Waals surface area contributed by atoms with Gasteiger partial charge in [0.25, 0.3) is 5.79 Å². The summed E-state index contributed by atoms with van der Waals surface area (Å²) in [7, 11) is 0. The lowest BCUT2D eigenvalue weighted by Crippen LogP contribution is -2.57. The number of ether oxygens (including phenoxy) is 2. The Kier molecular flexibility index (Phi) is 2.58. The highest BCUT2D eigenvalue weighted by molar-refractivity contribution is 6.08. The van der Waals surface area contributed by atoms with E-state index in [1.54, 1.807) is 26.8 Å². The SMILES string of the molecule is Cc1c(O)cc2c3c1OC(C)(C)C1(O)OC4=CC(=O)C(O)=C(CC2)C4=C31. The number of carbonyl (C=O) groups excluding carboxylic acids is 1. The number of benzene rings is 1. The average molecular weight is 354 g/mol. The maximum Gasteiger partial charge on any atom is 0.276 e. The van der Waals surface area contributed by atoms with Gasteiger partial charge in [0.2, 0.25) is 5.78 Å². The number of carbonyl (C=O) groups is 1. The van der Waals surface area contributed by atoms with E-state index in [0.29, 0.717) is 46.4 Å². The minimum atomic E-state index is -1.81. The van der Waals surface area contributed by atoms with E-state index < -0.39 is 17.2 Å². The van der Waals surface area contributed by atoms with Crippen molar-refractivity contribution in [1.82, 2.24) is 0 Å². The van der Waals surface area contributed by atoms with Crippen LogP contribution in [0.1, 0.15) is 37.0 Å². The number of aliphatic hydroxyl groups excluding tert-OH is 1. The molecule has 2 aliphatic carbocycles. The van der Waals surface area contributed by atoms with Crippen molar-refractivity contribution in [3.05, 3.63) is 51.5 Å². The van der Waals surface area contributed by atoms with Gasteiger partial charge in [-0.05, 0) is 45.2 Å². The van der Waals surface area contributed by atoms with E-state index in [1.807, 2.05) is 0 Å². The number of rotatable bonds is 0. The smallest absolute Gasteiger partial charge is 0.276 e. The fourth-order valence-electron chi connectivity index (χ4n) is 4.35. The standard InChI is InChI=1S/C20H18O6/c1-8-11(21)6-9-4-5-10-15-13(7-12(22)17(10)23)25-20(24)16(15)14(9)18(8)26-19(20,2)3/h6-7,21,23-24H,4-5H2,1-3H3. The molecule has 4 aliphatic rings. The average Bonchev–Trinajstić information content (AvgIpc) is 2.75. The molecule has 2 heterocycles. The Hall–Kier alpha value is -2.73. The van der Waals surface area contributed by atoms with E-state index in [-0.39, 0.29) is 17.3 Å². The zero-order chi connectivity index (χ0) is 18.6. The number of hydrogen-bond donors (Lipinski definition) is 3. The summed E-state index contributed by atoms with van der Waals surface area (Å²) in [5.74, 6) is -1.79. The van der Waals surface area contributed by atoms with Crippen LogP contribution in [0, 0.1) is 6.92 Å². The third-order valence-electron chi connectivity index (χ3n) is 5.83. The van der Waals surface area contributed by atoms with Gasteiger partial charge in [0.15, 0.2) is 11.4 Å². The van der Waals surface area contributed by atoms with Crippen LogP contribution < -0.4 is 4.74 Å². The number of allylic oxidation sites excluding steroid dienone is 2. The fraction of sp³-hybridized carbons (Fsp3) is 0.350. The van der Waals surface area contributed by atoms with Gasteiger partial charge in [-0.25, -0.2) is 0 Å². The van der Waals surface area contributed by atoms with Crippen molar-refractivity contribution in [3.8, 4) is 11.5 Å². The van der Waals surface area contributed by atoms with Crippen molar-refractivity contribution in [1.29, 1.82) is 0 Å². The molecule has 1 unspecified atom stereocenters. The van der Waals surface area contributed by atoms with Crippen molar-refractivity contribution in [2.24, 2.45) is 0 Å². The quantitative estimate of drug-likeness (QED) is 0.663. The van der Waals surface area contributed by atoms with Gasteiger partial charge in [-0.15, -0.1) is 0 Å². The fourth-order valence-corrected chi connectivity index (χ4v) is 4.35. The molecule has 26 heavy (non-hydrogen) atoms. The molecule has 6 nitrogen and oxygen atoms in total. The molecule has 0 bridgehead atoms. The van der Waals surface area contributed by atoms with Crippen LogP contribution in [-0.4, -0.2) is 32.5 Å². The number of ketones is 1. The van der Waals surface area contributed by atoms with Crippen LogP contribution in [0.25, 0.3) is 5.57 Å². The first-order chi connectivity index (χ1) is 12.2. The summed E-state index contributed by atoms with van der Waals surface area (Å²) in [6.07, 6.45) is 2.09. The van der Waals surface area contributed by atoms with E-state index in [2.05, 4.69) is 0 Å². The summed E-state index contributed by atoms with van der Waals surface area (Å²) >= 11 is 0. The normalized spacial score (nSPS) is 27.5. The second-order valence-corrected chi connectivity index (χ2v) is 7.69. The van der Waals surface area contributed by atoms with Gasteiger partial charge < -0.3 is 24.8 Å². The van der Waals surface area contributed by atoms with Gasteiger partial charge in [0.05, 0.1) is 0 Å². The number of phenolic OH excluding ortho intramolecular Hbond substituents is 1. The van der Waals surface area contributed by atoms with Crippen LogP contribution in [0.15, 0.2) is 34.8 Å². The molecule has 1 atom stereocenters. The van der Waals surface area contributed by atoms with Crippen molar-refractivity contribution in [2.75, 3.05) is 0 Å². The highest BCUT2D eigenvalue weighted by atomic mass is 16.7. The third-order valence-corrected chi connectivity index (χ3v) is 5.83. The number of aryl methyl sites for hydroxylation is 1. The molecule has 2 aliphatic heterocycles. The van der Waals surface area contributed by atoms with Crippen molar-refractivity contribution in [3.63, 3.8) is 0 Å². The lowest BCUT2D eigenvalue weighted by atomic mass is 9.78. The first-order valence-electron chi connectivity index (χ1n) is 8.55. The zero-order valence-corrected chi connectivity index (χ0v) is 14.6. The molecular formula is C20H18O6. The maximum atomic E-state index is 12.2. The van der Waals surface area contributed by atoms with E-state index in [9.17, 15) is 20.1 Å². The highest BCUT2D eigenvalue weighted by Gasteiger charge is 2.62. The Morgan fingerprint density at radius 2 is 1.88 bits per heavy atom. The molecule has 0 spiro atoms. The molecule has 134 valence electrons. The van der Waals surface area contributed by atoms with Gasteiger partial charge >= 0.3 is 0 Å². The Balaban J connectivity index is 1.98. The van der Waals surface area contributed by atoms with E-state index in [0.717, 1.165) is 5.56 Å². The van der Waals surface area contributed by atoms with Gasteiger partial charge in [-0.2, -0.15) is 0 Å². The predicted molar refractivity (Wildman–Crippen MR) is 91.6 cm³/mol. The van der Waals surface area contributed by atoms with Crippen molar-refractivity contribution >= 4 is 11.4 Å². The minimum Gasteiger partial charge on any atom is -0.508 e. The number of hydrogen-bond acceptors (Lipinski definition) is 6. The zero-order valence-electron chi connectivity index (χ0n) is 14.6. The molecule has 5 rings (SSSR count). The topological polar surface area (TPSA) is 96.2 Å². The second-order valence-electron chi connectivity index (χ2n) is 7.69. The van der Waals surface area contributed by atoms with Crippen molar-refractivity contribution in [2.45, 2.75) is 45.0 Å². The lowest BCUT2D eigenvalue weighted by molar-refractivity contribution is -0.217. The maximum absolute atomic E-state index is 12.2. The highest BCUT2D eigenvalue weighted by Crippen LogP contribution is 2.61. The molecule has 0 saturated heterocycles. The molecule has 3 N–H and O–H groups in total. The van der Waals surface area contributed by atoms with Gasteiger partial charge in [-0.1, -0.05) is 0 Å². The molecule has 0 radical (unpaired) electrons. The Labute approximate surface area is 149 Å². The van der Waals surface area contributed by atoms with E-state index >= 15 is 0 Å². The summed E-state index contributed by atoms with van der Waals surface area (Å²) < 4.78 is 12.0. The lowest BCUT2D eigenvalue weighted by Gasteiger charge is -2.45. The Bertz CT molecular complexity index is 1020. The Morgan fingerprint density at radius 3 is 2.62 bits per heavy atom. The van der Waals surface area contributed by atoms with Crippen molar-refractivity contribution < 1.29 is 29.6 Å². The molecule has 0 aromatic heterocycles. The second kappa shape index (κ2) is 4.32. The molecule has 0 amide bonds. The first kappa shape index (κ1) is 15.5. The molecular weight excluding hydrogens is 336 g/mol. The summed E-state index contributed by atoms with van der Waals surface area (Å²) in [6, 6.07) is 1.66. The molecule has 0 fully saturated rings. The Morgan fingerprint density at radius 1 is 1.15 bits per heavy atom. The van der Waals surface area contributed by atoms with Crippen LogP contribution in [0.2, 0.25) is 0 Å². The number of aliphatic hydroxyl groups is 2. The summed E-state index contributed by atoms with van der Waals surface area (Å²) in [5.41, 5.74) is 2.39. The van der Waals surface area contributed by atoms with Crippen LogP contribution in [-0.2, 0) is 16.0 Å². The van der Waals surface area contributed by atoms with E-state index in [4.69, 9.17) is 9.47 Å². The number of phenols is 1. The molecule has 1 aromatic rings. The predicted octanol–water partition coefficient (Wildman–Crippen LogP) is 2.57. The van der Waals surface area contributed by atoms with Gasteiger partial charge in [0.1, 0.15) is 17.3 Å². The summed E-state index contributed by atoms with van der Waals surface area (Å²) in [6.45, 7) is 5.15. The minimum absolute atomic E-state index is 0.111. The monoisotopic (exact) mass is 354 g/mol. The summed E-state index contributed by atoms with van der Waals surface area (Å²) in [4.78, 5) is 12.2. The number of aromatic hydroxyl groups is 1. The molecule has 0 saturated carbocycles. The van der Waals surface area contributed by atoms with Crippen LogP contribution in [0.4, 0.5) is 0 Å². The third kappa shape index (κ3) is 1.54. The van der Waals surface area contributed by atoms with Gasteiger partial charge in [-0.3, -0.25) is 4.79 Å². The van der Waals surface area contributed by atoms with Crippen LogP contribution in [0.3, 0.4) is 0 Å². The molecule has 6 heteroatoms. The van der Waals surface area contributed by atoms with Gasteiger partial charge in [0, 0.05) is 33.9 Å². The van der Waals surface area contributed by atoms with Crippen LogP contribution >= 0.6 is 0 Å². The van der Waals surface area contributed by atoms with Crippen LogP contribution in [0.5, 0.6) is 11.5 Å². The summed E-state index contributed by atoms with van der Waals surface area (Å²) in [5, 5.41) is 32.2. The molecule has 1 aromatic carbocycles. The van der Waals surface area contributed by atoms with E-state index in [1.165, 1.54) is 6.08 Å². The largest absolute Gasteiger partial charge is 0.508 e.